The number of imidazole rings is 1. The highest BCUT2D eigenvalue weighted by molar-refractivity contribution is 5.80. The Hall–Kier alpha value is -2.92. The molecule has 1 aliphatic carbocycles. The van der Waals surface area contributed by atoms with Crippen LogP contribution in [0.4, 0.5) is 4.39 Å². The van der Waals surface area contributed by atoms with Crippen LogP contribution < -0.4 is 0 Å². The summed E-state index contributed by atoms with van der Waals surface area (Å²) in [6.45, 7) is 0. The number of hydrogen-bond acceptors (Lipinski definition) is 2. The number of nitrogens with zero attached hydrogens (tertiary/aromatic N) is 3. The maximum Gasteiger partial charge on any atom is 0.129 e. The second kappa shape index (κ2) is 7.59. The van der Waals surface area contributed by atoms with Gasteiger partial charge in [0.1, 0.15) is 5.82 Å². The van der Waals surface area contributed by atoms with Gasteiger partial charge in [0.25, 0.3) is 0 Å². The maximum absolute atomic E-state index is 14.7. The molecule has 1 aliphatic heterocycles. The maximum atomic E-state index is 14.7. The van der Waals surface area contributed by atoms with Gasteiger partial charge in [-0.25, -0.2) is 9.37 Å². The minimum absolute atomic E-state index is 0.184. The third kappa shape index (κ3) is 3.10. The molecule has 164 valence electrons. The summed E-state index contributed by atoms with van der Waals surface area (Å²) < 4.78 is 18.9. The Bertz CT molecular complexity index is 1280. The Balaban J connectivity index is 1.16. The summed E-state index contributed by atoms with van der Waals surface area (Å²) in [7, 11) is 2.09. The number of aliphatic hydroxyl groups is 1. The second-order valence-electron chi connectivity index (χ2n) is 9.56. The van der Waals surface area contributed by atoms with Crippen LogP contribution in [0, 0.1) is 11.7 Å². The van der Waals surface area contributed by atoms with Crippen LogP contribution in [0.1, 0.15) is 55.2 Å². The van der Waals surface area contributed by atoms with Crippen molar-refractivity contribution in [3.8, 4) is 11.3 Å². The zero-order valence-electron chi connectivity index (χ0n) is 18.3. The Labute approximate surface area is 187 Å². The van der Waals surface area contributed by atoms with Crippen LogP contribution in [0.2, 0.25) is 0 Å². The van der Waals surface area contributed by atoms with Gasteiger partial charge in [-0.15, -0.1) is 0 Å². The molecule has 0 spiro atoms. The molecule has 1 N–H and O–H groups in total. The van der Waals surface area contributed by atoms with Crippen LogP contribution >= 0.6 is 0 Å². The van der Waals surface area contributed by atoms with E-state index in [0.29, 0.717) is 17.9 Å². The Morgan fingerprint density at radius 3 is 2.81 bits per heavy atom. The van der Waals surface area contributed by atoms with E-state index in [-0.39, 0.29) is 17.8 Å². The van der Waals surface area contributed by atoms with Gasteiger partial charge in [-0.3, -0.25) is 0 Å². The van der Waals surface area contributed by atoms with Crippen molar-refractivity contribution in [3.05, 3.63) is 78.1 Å². The fourth-order valence-corrected chi connectivity index (χ4v) is 6.02. The minimum Gasteiger partial charge on any atom is -0.393 e. The number of aromatic nitrogens is 3. The molecule has 3 heterocycles. The first kappa shape index (κ1) is 19.7. The fraction of sp³-hybridized carbons (Fsp3) is 0.370. The number of benzene rings is 2. The van der Waals surface area contributed by atoms with Gasteiger partial charge in [0.15, 0.2) is 0 Å². The smallest absolute Gasteiger partial charge is 0.129 e. The van der Waals surface area contributed by atoms with E-state index in [4.69, 9.17) is 0 Å². The molecule has 0 amide bonds. The molecule has 2 unspecified atom stereocenters. The van der Waals surface area contributed by atoms with E-state index in [1.54, 1.807) is 18.6 Å². The number of hydrogen-bond donors (Lipinski definition) is 1. The molecular weight excluding hydrogens is 401 g/mol. The van der Waals surface area contributed by atoms with Crippen molar-refractivity contribution < 1.29 is 9.50 Å². The Kier molecular flexibility index (Phi) is 4.68. The first-order chi connectivity index (χ1) is 15.6. The van der Waals surface area contributed by atoms with E-state index >= 15 is 0 Å². The number of aryl methyl sites for hydroxylation is 1. The summed E-state index contributed by atoms with van der Waals surface area (Å²) in [5, 5.41) is 12.4. The Morgan fingerprint density at radius 2 is 1.97 bits per heavy atom. The zero-order valence-corrected chi connectivity index (χ0v) is 18.3. The lowest BCUT2D eigenvalue weighted by Gasteiger charge is -2.33. The van der Waals surface area contributed by atoms with Crippen molar-refractivity contribution in [2.75, 3.05) is 0 Å². The molecule has 32 heavy (non-hydrogen) atoms. The van der Waals surface area contributed by atoms with Crippen molar-refractivity contribution in [1.29, 1.82) is 0 Å². The van der Waals surface area contributed by atoms with Crippen molar-refractivity contribution >= 4 is 10.9 Å². The van der Waals surface area contributed by atoms with Crippen LogP contribution in [0.3, 0.4) is 0 Å². The van der Waals surface area contributed by atoms with Gasteiger partial charge >= 0.3 is 0 Å². The quantitative estimate of drug-likeness (QED) is 0.445. The largest absolute Gasteiger partial charge is 0.393 e. The van der Waals surface area contributed by atoms with E-state index in [1.165, 1.54) is 22.5 Å². The first-order valence-corrected chi connectivity index (χ1v) is 11.6. The van der Waals surface area contributed by atoms with Crippen LogP contribution in [0.25, 0.3) is 22.2 Å². The van der Waals surface area contributed by atoms with Crippen molar-refractivity contribution in [3.63, 3.8) is 0 Å². The summed E-state index contributed by atoms with van der Waals surface area (Å²) >= 11 is 0. The number of fused-ring (bicyclic) bond motifs is 4. The van der Waals surface area contributed by atoms with Gasteiger partial charge in [0.2, 0.25) is 0 Å². The molecule has 1 fully saturated rings. The number of rotatable bonds is 4. The summed E-state index contributed by atoms with van der Waals surface area (Å²) in [5.74, 6) is 0.610. The average Bonchev–Trinajstić information content (AvgIpc) is 3.51. The number of aliphatic hydroxyl groups excluding tert-OH is 1. The molecule has 1 saturated carbocycles. The van der Waals surface area contributed by atoms with Gasteiger partial charge in [0.05, 0.1) is 30.4 Å². The van der Waals surface area contributed by atoms with Crippen molar-refractivity contribution in [2.45, 2.75) is 50.2 Å². The Morgan fingerprint density at radius 1 is 1.12 bits per heavy atom. The molecule has 0 saturated heterocycles. The van der Waals surface area contributed by atoms with Crippen LogP contribution in [0.5, 0.6) is 0 Å². The molecule has 2 atom stereocenters. The molecule has 0 bridgehead atoms. The highest BCUT2D eigenvalue weighted by Gasteiger charge is 2.35. The molecule has 4 nitrogen and oxygen atoms in total. The lowest BCUT2D eigenvalue weighted by atomic mass is 9.75. The van der Waals surface area contributed by atoms with Gasteiger partial charge in [-0.05, 0) is 73.1 Å². The minimum atomic E-state index is -0.447. The summed E-state index contributed by atoms with van der Waals surface area (Å²) in [4.78, 5) is 4.27. The molecule has 4 aromatic rings. The van der Waals surface area contributed by atoms with E-state index in [1.807, 2.05) is 10.6 Å². The molecule has 2 aromatic carbocycles. The third-order valence-electron chi connectivity index (χ3n) is 7.83. The van der Waals surface area contributed by atoms with Crippen molar-refractivity contribution in [2.24, 2.45) is 13.0 Å². The molecule has 5 heteroatoms. The van der Waals surface area contributed by atoms with E-state index < -0.39 is 6.10 Å². The molecule has 6 rings (SSSR count). The monoisotopic (exact) mass is 429 g/mol. The average molecular weight is 430 g/mol. The topological polar surface area (TPSA) is 43.0 Å². The van der Waals surface area contributed by atoms with Crippen LogP contribution in [0.15, 0.2) is 61.2 Å². The summed E-state index contributed by atoms with van der Waals surface area (Å²) in [6, 6.07) is 14.0. The second-order valence-corrected chi connectivity index (χ2v) is 9.56. The first-order valence-electron chi connectivity index (χ1n) is 11.6. The molecular formula is C27H28FN3O. The SMILES string of the molecule is Cn1ccc2ccc(C3CCC(C(O)CC4c5c(F)cccc5-c5cncn54)CC3)cc21. The fourth-order valence-electron chi connectivity index (χ4n) is 6.02. The van der Waals surface area contributed by atoms with Crippen LogP contribution in [-0.2, 0) is 7.05 Å². The highest BCUT2D eigenvalue weighted by atomic mass is 19.1. The standard InChI is InChI=1S/C27H28FN3O/c1-30-12-11-18-7-10-20(13-23(18)30)17-5-8-19(9-6-17)26(32)14-24-27-21(3-2-4-22(27)28)25-15-29-16-31(24)25/h2-4,7,10-13,15-17,19,24,26,32H,5-6,8-9,14H2,1H3. The molecule has 2 aromatic heterocycles. The van der Waals surface area contributed by atoms with Crippen molar-refractivity contribution in [1.82, 2.24) is 14.1 Å². The third-order valence-corrected chi connectivity index (χ3v) is 7.83. The summed E-state index contributed by atoms with van der Waals surface area (Å²) in [5.41, 5.74) is 5.23. The lowest BCUT2D eigenvalue weighted by Crippen LogP contribution is -2.28. The lowest BCUT2D eigenvalue weighted by molar-refractivity contribution is 0.0650. The van der Waals surface area contributed by atoms with E-state index in [0.717, 1.165) is 36.9 Å². The van der Waals surface area contributed by atoms with Gasteiger partial charge in [-0.2, -0.15) is 0 Å². The van der Waals surface area contributed by atoms with Gasteiger partial charge in [-0.1, -0.05) is 24.3 Å². The summed E-state index contributed by atoms with van der Waals surface area (Å²) in [6.07, 6.45) is 9.93. The zero-order chi connectivity index (χ0) is 21.8. The molecule has 0 radical (unpaired) electrons. The normalized spacial score (nSPS) is 23.3. The van der Waals surface area contributed by atoms with Gasteiger partial charge in [0, 0.05) is 29.9 Å². The number of halogens is 1. The van der Waals surface area contributed by atoms with E-state index in [2.05, 4.69) is 47.1 Å². The van der Waals surface area contributed by atoms with E-state index in [9.17, 15) is 9.50 Å². The van der Waals surface area contributed by atoms with Crippen LogP contribution in [-0.4, -0.2) is 25.3 Å². The molecule has 2 aliphatic rings. The van der Waals surface area contributed by atoms with Gasteiger partial charge < -0.3 is 14.2 Å². The predicted octanol–water partition coefficient (Wildman–Crippen LogP) is 5.81. The highest BCUT2D eigenvalue weighted by Crippen LogP contribution is 2.45. The predicted molar refractivity (Wildman–Crippen MR) is 124 cm³/mol.